The zero-order chi connectivity index (χ0) is 25.5. The van der Waals surface area contributed by atoms with Gasteiger partial charge in [-0.15, -0.1) is 0 Å². The molecule has 0 bridgehead atoms. The van der Waals surface area contributed by atoms with Crippen LogP contribution in [0.2, 0.25) is 0 Å². The van der Waals surface area contributed by atoms with Gasteiger partial charge in [0.25, 0.3) is 0 Å². The molecule has 0 rings (SSSR count). The molecule has 0 N–H and O–H groups in total. The van der Waals surface area contributed by atoms with Gasteiger partial charge in [-0.2, -0.15) is 0 Å². The largest absolute Gasteiger partial charge is 0.469 e. The van der Waals surface area contributed by atoms with Crippen molar-refractivity contribution in [1.82, 2.24) is 0 Å². The molecular formula is C33H54O2. The van der Waals surface area contributed by atoms with E-state index in [1.54, 1.807) is 0 Å². The van der Waals surface area contributed by atoms with Gasteiger partial charge in [-0.25, -0.2) is 0 Å². The van der Waals surface area contributed by atoms with Crippen molar-refractivity contribution in [2.24, 2.45) is 0 Å². The lowest BCUT2D eigenvalue weighted by Gasteiger charge is -2.02. The molecule has 0 aromatic rings. The summed E-state index contributed by atoms with van der Waals surface area (Å²) in [6, 6.07) is 0. The van der Waals surface area contributed by atoms with E-state index >= 15 is 0 Å². The molecule has 35 heavy (non-hydrogen) atoms. The predicted molar refractivity (Wildman–Crippen MR) is 156 cm³/mol. The van der Waals surface area contributed by atoms with Gasteiger partial charge in [0.1, 0.15) is 0 Å². The highest BCUT2D eigenvalue weighted by atomic mass is 16.5. The van der Waals surface area contributed by atoms with E-state index in [9.17, 15) is 4.79 Å². The summed E-state index contributed by atoms with van der Waals surface area (Å²) in [5.74, 6) is -0.0750. The average molecular weight is 483 g/mol. The van der Waals surface area contributed by atoms with Crippen LogP contribution in [0.5, 0.6) is 0 Å². The second-order valence-corrected chi connectivity index (χ2v) is 9.07. The van der Waals surface area contributed by atoms with Gasteiger partial charge < -0.3 is 4.74 Å². The van der Waals surface area contributed by atoms with Crippen molar-refractivity contribution in [1.29, 1.82) is 0 Å². The monoisotopic (exact) mass is 482 g/mol. The molecular weight excluding hydrogens is 428 g/mol. The van der Waals surface area contributed by atoms with Crippen LogP contribution in [0.1, 0.15) is 122 Å². The maximum absolute atomic E-state index is 11.0. The molecule has 198 valence electrons. The summed E-state index contributed by atoms with van der Waals surface area (Å²) >= 11 is 0. The fourth-order valence-corrected chi connectivity index (χ4v) is 3.69. The molecule has 0 radical (unpaired) electrons. The molecule has 0 aliphatic carbocycles. The normalized spacial score (nSPS) is 12.6. The van der Waals surface area contributed by atoms with E-state index in [1.807, 2.05) is 0 Å². The molecule has 0 spiro atoms. The van der Waals surface area contributed by atoms with Crippen molar-refractivity contribution in [3.8, 4) is 0 Å². The van der Waals surface area contributed by atoms with E-state index < -0.39 is 0 Å². The summed E-state index contributed by atoms with van der Waals surface area (Å²) < 4.78 is 4.66. The summed E-state index contributed by atoms with van der Waals surface area (Å²) in [6.07, 6.45) is 47.9. The van der Waals surface area contributed by atoms with Gasteiger partial charge in [-0.1, -0.05) is 131 Å². The predicted octanol–water partition coefficient (Wildman–Crippen LogP) is 10.5. The second kappa shape index (κ2) is 29.9. The summed E-state index contributed by atoms with van der Waals surface area (Å²) in [5, 5.41) is 0. The SMILES string of the molecule is CC/C=C\C/C=C\C/C=C\C/C=C\C/C=C\C/C=C\CCCCCCCCCCCCC(=O)OC. The molecule has 2 nitrogen and oxygen atoms in total. The van der Waals surface area contributed by atoms with Gasteiger partial charge in [0, 0.05) is 6.42 Å². The van der Waals surface area contributed by atoms with Crippen LogP contribution < -0.4 is 0 Å². The zero-order valence-corrected chi connectivity index (χ0v) is 23.0. The number of esters is 1. The molecule has 0 heterocycles. The van der Waals surface area contributed by atoms with Crippen LogP contribution in [0.25, 0.3) is 0 Å². The van der Waals surface area contributed by atoms with Gasteiger partial charge in [0.05, 0.1) is 7.11 Å². The number of unbranched alkanes of at least 4 members (excludes halogenated alkanes) is 10. The van der Waals surface area contributed by atoms with Gasteiger partial charge in [-0.3, -0.25) is 4.79 Å². The lowest BCUT2D eigenvalue weighted by molar-refractivity contribution is -0.140. The highest BCUT2D eigenvalue weighted by molar-refractivity contribution is 5.68. The van der Waals surface area contributed by atoms with Crippen molar-refractivity contribution in [3.63, 3.8) is 0 Å². The quantitative estimate of drug-likeness (QED) is 0.0776. The maximum atomic E-state index is 11.0. The minimum Gasteiger partial charge on any atom is -0.469 e. The molecule has 0 saturated carbocycles. The van der Waals surface area contributed by atoms with E-state index in [0.29, 0.717) is 6.42 Å². The third-order valence-corrected chi connectivity index (χ3v) is 5.83. The smallest absolute Gasteiger partial charge is 0.305 e. The van der Waals surface area contributed by atoms with Crippen LogP contribution in [0, 0.1) is 0 Å². The molecule has 0 saturated heterocycles. The topological polar surface area (TPSA) is 26.3 Å². The molecule has 0 atom stereocenters. The number of rotatable bonds is 24. The third-order valence-electron chi connectivity index (χ3n) is 5.83. The molecule has 2 heteroatoms. The Morgan fingerprint density at radius 3 is 1.23 bits per heavy atom. The van der Waals surface area contributed by atoms with Crippen molar-refractivity contribution >= 4 is 5.97 Å². The van der Waals surface area contributed by atoms with Crippen LogP contribution >= 0.6 is 0 Å². The fourth-order valence-electron chi connectivity index (χ4n) is 3.69. The van der Waals surface area contributed by atoms with Crippen LogP contribution in [0.4, 0.5) is 0 Å². The zero-order valence-electron chi connectivity index (χ0n) is 23.0. The van der Waals surface area contributed by atoms with E-state index in [2.05, 4.69) is 84.6 Å². The minimum atomic E-state index is -0.0750. The Morgan fingerprint density at radius 1 is 0.486 bits per heavy atom. The molecule has 0 aromatic heterocycles. The van der Waals surface area contributed by atoms with E-state index in [4.69, 9.17) is 0 Å². The summed E-state index contributed by atoms with van der Waals surface area (Å²) in [7, 11) is 1.46. The van der Waals surface area contributed by atoms with Crippen LogP contribution in [0.15, 0.2) is 72.9 Å². The number of hydrogen-bond acceptors (Lipinski definition) is 2. The van der Waals surface area contributed by atoms with E-state index in [0.717, 1.165) is 51.4 Å². The first-order valence-electron chi connectivity index (χ1n) is 14.3. The number of hydrogen-bond donors (Lipinski definition) is 0. The van der Waals surface area contributed by atoms with Gasteiger partial charge >= 0.3 is 5.97 Å². The molecule has 0 aliphatic rings. The van der Waals surface area contributed by atoms with Crippen molar-refractivity contribution in [3.05, 3.63) is 72.9 Å². The molecule has 0 aliphatic heterocycles. The first kappa shape index (κ1) is 32.9. The van der Waals surface area contributed by atoms with Crippen molar-refractivity contribution in [2.45, 2.75) is 122 Å². The van der Waals surface area contributed by atoms with Crippen LogP contribution in [-0.4, -0.2) is 13.1 Å². The van der Waals surface area contributed by atoms with Crippen molar-refractivity contribution < 1.29 is 9.53 Å². The van der Waals surface area contributed by atoms with E-state index in [1.165, 1.54) is 64.9 Å². The molecule has 0 fully saturated rings. The first-order chi connectivity index (χ1) is 17.3. The average Bonchev–Trinajstić information content (AvgIpc) is 2.87. The Bertz CT molecular complexity index is 619. The fraction of sp³-hybridized carbons (Fsp3) is 0.606. The van der Waals surface area contributed by atoms with Gasteiger partial charge in [0.15, 0.2) is 0 Å². The Hall–Kier alpha value is -2.09. The van der Waals surface area contributed by atoms with Gasteiger partial charge in [0.2, 0.25) is 0 Å². The number of carbonyl (C=O) groups excluding carboxylic acids is 1. The lowest BCUT2D eigenvalue weighted by atomic mass is 10.1. The van der Waals surface area contributed by atoms with Crippen molar-refractivity contribution in [2.75, 3.05) is 7.11 Å². The number of allylic oxidation sites excluding steroid dienone is 12. The number of ether oxygens (including phenoxy) is 1. The highest BCUT2D eigenvalue weighted by Gasteiger charge is 1.99. The molecule has 0 unspecified atom stereocenters. The number of carbonyl (C=O) groups is 1. The highest BCUT2D eigenvalue weighted by Crippen LogP contribution is 2.12. The Labute approximate surface area is 218 Å². The third kappa shape index (κ3) is 29.9. The lowest BCUT2D eigenvalue weighted by Crippen LogP contribution is -1.99. The molecule has 0 amide bonds. The minimum absolute atomic E-state index is 0.0750. The first-order valence-corrected chi connectivity index (χ1v) is 14.3. The summed E-state index contributed by atoms with van der Waals surface area (Å²) in [4.78, 5) is 11.0. The Morgan fingerprint density at radius 2 is 0.829 bits per heavy atom. The molecule has 0 aromatic carbocycles. The second-order valence-electron chi connectivity index (χ2n) is 9.07. The maximum Gasteiger partial charge on any atom is 0.305 e. The van der Waals surface area contributed by atoms with E-state index in [-0.39, 0.29) is 5.97 Å². The summed E-state index contributed by atoms with van der Waals surface area (Å²) in [5.41, 5.74) is 0. The Kier molecular flexibility index (Phi) is 28.2. The standard InChI is InChI=1S/C33H54O2/c1-3-4-5-6-7-8-9-10-11-12-13-14-15-16-17-18-19-20-21-22-23-24-25-26-27-28-29-30-31-32-33(34)35-2/h4-5,7-8,10-11,13-14,16-17,19-20H,3,6,9,12,15,18,21-32H2,1-2H3/b5-4-,8-7-,11-10-,14-13-,17-16-,20-19-. The van der Waals surface area contributed by atoms with Crippen LogP contribution in [0.3, 0.4) is 0 Å². The number of methoxy groups -OCH3 is 1. The van der Waals surface area contributed by atoms with Gasteiger partial charge in [-0.05, 0) is 57.8 Å². The summed E-state index contributed by atoms with van der Waals surface area (Å²) in [6.45, 7) is 2.17. The Balaban J connectivity index is 3.36. The van der Waals surface area contributed by atoms with Crippen LogP contribution in [-0.2, 0) is 9.53 Å².